The Morgan fingerprint density at radius 1 is 1.22 bits per heavy atom. The normalized spacial score (nSPS) is 12.9. The first kappa shape index (κ1) is 21.0. The number of sulfonamides is 1. The van der Waals surface area contributed by atoms with Crippen molar-refractivity contribution in [2.24, 2.45) is 0 Å². The summed E-state index contributed by atoms with van der Waals surface area (Å²) < 4.78 is 33.0. The van der Waals surface area contributed by atoms with Gasteiger partial charge in [-0.25, -0.2) is 13.2 Å². The van der Waals surface area contributed by atoms with Gasteiger partial charge in [0.2, 0.25) is 0 Å². The third kappa shape index (κ3) is 4.33. The van der Waals surface area contributed by atoms with Crippen LogP contribution in [0.3, 0.4) is 0 Å². The van der Waals surface area contributed by atoms with Crippen molar-refractivity contribution in [3.8, 4) is 0 Å². The summed E-state index contributed by atoms with van der Waals surface area (Å²) >= 11 is 0. The largest absolute Gasteiger partial charge is 0.464 e. The smallest absolute Gasteiger partial charge is 0.354 e. The second-order valence-electron chi connectivity index (χ2n) is 6.83. The first-order valence-electron chi connectivity index (χ1n) is 8.61. The van der Waals surface area contributed by atoms with Crippen LogP contribution < -0.4 is 4.31 Å². The zero-order valence-electron chi connectivity index (χ0n) is 16.6. The Labute approximate surface area is 161 Å². The zero-order chi connectivity index (χ0) is 20.4. The number of H-pyrrole nitrogens is 1. The molecule has 2 rings (SSSR count). The second-order valence-corrected chi connectivity index (χ2v) is 8.69. The number of para-hydroxylation sites is 1. The SMILES string of the molecule is COC(=O)c1cc(S(=O)(=O)N(CC(C)N(C)C)c2c(C)cccc2C)c[nH]1. The maximum absolute atomic E-state index is 13.5. The number of nitrogens with one attached hydrogen (secondary N) is 1. The van der Waals surface area contributed by atoms with Gasteiger partial charge >= 0.3 is 5.97 Å². The summed E-state index contributed by atoms with van der Waals surface area (Å²) in [5, 5.41) is 0. The highest BCUT2D eigenvalue weighted by atomic mass is 32.2. The standard InChI is InChI=1S/C19H27N3O4S/c1-13-8-7-9-14(2)18(13)22(12-15(3)21(4)5)27(24,25)16-10-17(20-11-16)19(23)26-6/h7-11,15,20H,12H2,1-6H3. The lowest BCUT2D eigenvalue weighted by molar-refractivity contribution is 0.0594. The van der Waals surface area contributed by atoms with E-state index in [0.717, 1.165) is 11.1 Å². The van der Waals surface area contributed by atoms with Crippen molar-refractivity contribution in [1.29, 1.82) is 0 Å². The molecule has 1 unspecified atom stereocenters. The lowest BCUT2D eigenvalue weighted by atomic mass is 10.1. The summed E-state index contributed by atoms with van der Waals surface area (Å²) in [4.78, 5) is 16.4. The molecule has 0 radical (unpaired) electrons. The van der Waals surface area contributed by atoms with Crippen molar-refractivity contribution in [3.05, 3.63) is 47.3 Å². The summed E-state index contributed by atoms with van der Waals surface area (Å²) in [7, 11) is 1.19. The highest BCUT2D eigenvalue weighted by molar-refractivity contribution is 7.92. The van der Waals surface area contributed by atoms with E-state index in [1.807, 2.05) is 58.0 Å². The van der Waals surface area contributed by atoms with E-state index in [2.05, 4.69) is 9.72 Å². The molecule has 0 amide bonds. The first-order valence-corrected chi connectivity index (χ1v) is 10.1. The van der Waals surface area contributed by atoms with Gasteiger partial charge in [-0.05, 0) is 52.1 Å². The molecule has 0 spiro atoms. The van der Waals surface area contributed by atoms with E-state index in [1.54, 1.807) is 0 Å². The van der Waals surface area contributed by atoms with Gasteiger partial charge in [0, 0.05) is 18.8 Å². The number of benzene rings is 1. The van der Waals surface area contributed by atoms with Crippen LogP contribution >= 0.6 is 0 Å². The zero-order valence-corrected chi connectivity index (χ0v) is 17.4. The molecule has 0 fully saturated rings. The van der Waals surface area contributed by atoms with Crippen molar-refractivity contribution in [2.45, 2.75) is 31.7 Å². The quantitative estimate of drug-likeness (QED) is 0.731. The number of nitrogens with zero attached hydrogens (tertiary/aromatic N) is 2. The molecule has 0 aliphatic heterocycles. The number of esters is 1. The van der Waals surface area contributed by atoms with Gasteiger partial charge in [-0.1, -0.05) is 18.2 Å². The highest BCUT2D eigenvalue weighted by Crippen LogP contribution is 2.31. The monoisotopic (exact) mass is 393 g/mol. The van der Waals surface area contributed by atoms with Gasteiger partial charge in [0.25, 0.3) is 10.0 Å². The van der Waals surface area contributed by atoms with E-state index in [9.17, 15) is 13.2 Å². The Morgan fingerprint density at radius 2 is 1.81 bits per heavy atom. The fourth-order valence-corrected chi connectivity index (χ4v) is 4.46. The maximum Gasteiger partial charge on any atom is 0.354 e. The summed E-state index contributed by atoms with van der Waals surface area (Å²) in [6.45, 7) is 6.03. The van der Waals surface area contributed by atoms with Gasteiger partial charge < -0.3 is 14.6 Å². The number of hydrogen-bond acceptors (Lipinski definition) is 5. The molecule has 1 atom stereocenters. The predicted molar refractivity (Wildman–Crippen MR) is 106 cm³/mol. The molecule has 148 valence electrons. The summed E-state index contributed by atoms with van der Waals surface area (Å²) in [5.41, 5.74) is 2.49. The second kappa shape index (κ2) is 8.14. The number of aromatic amines is 1. The molecule has 0 aliphatic rings. The molecular weight excluding hydrogens is 366 g/mol. The lowest BCUT2D eigenvalue weighted by Crippen LogP contribution is -2.42. The molecular formula is C19H27N3O4S. The summed E-state index contributed by atoms with van der Waals surface area (Å²) in [6, 6.07) is 6.98. The number of carbonyl (C=O) groups is 1. The number of rotatable bonds is 7. The topological polar surface area (TPSA) is 82.7 Å². The van der Waals surface area contributed by atoms with E-state index in [1.165, 1.54) is 23.7 Å². The van der Waals surface area contributed by atoms with Crippen LogP contribution in [0.4, 0.5) is 5.69 Å². The number of ether oxygens (including phenoxy) is 1. The molecule has 0 saturated heterocycles. The van der Waals surface area contributed by atoms with Gasteiger partial charge in [-0.15, -0.1) is 0 Å². The third-order valence-electron chi connectivity index (χ3n) is 4.65. The average Bonchev–Trinajstić information content (AvgIpc) is 3.10. The molecule has 2 aromatic rings. The van der Waals surface area contributed by atoms with E-state index in [0.29, 0.717) is 5.69 Å². The number of aryl methyl sites for hydroxylation is 2. The number of carbonyl (C=O) groups excluding carboxylic acids is 1. The van der Waals surface area contributed by atoms with Crippen molar-refractivity contribution < 1.29 is 17.9 Å². The molecule has 1 aromatic carbocycles. The molecule has 7 nitrogen and oxygen atoms in total. The van der Waals surface area contributed by atoms with Crippen molar-refractivity contribution in [2.75, 3.05) is 32.1 Å². The Morgan fingerprint density at radius 3 is 2.33 bits per heavy atom. The Balaban J connectivity index is 2.58. The van der Waals surface area contributed by atoms with Gasteiger partial charge in [0.05, 0.1) is 12.8 Å². The Hall–Kier alpha value is -2.32. The van der Waals surface area contributed by atoms with Crippen LogP contribution in [0.2, 0.25) is 0 Å². The van der Waals surface area contributed by atoms with Crippen LogP contribution in [0.25, 0.3) is 0 Å². The van der Waals surface area contributed by atoms with Gasteiger partial charge in [0.1, 0.15) is 10.6 Å². The van der Waals surface area contributed by atoms with E-state index >= 15 is 0 Å². The van der Waals surface area contributed by atoms with Crippen molar-refractivity contribution in [1.82, 2.24) is 9.88 Å². The number of likely N-dealkylation sites (N-methyl/N-ethyl adjacent to an activating group) is 1. The predicted octanol–water partition coefficient (Wildman–Crippen LogP) is 2.56. The van der Waals surface area contributed by atoms with Crippen LogP contribution in [0.5, 0.6) is 0 Å². The van der Waals surface area contributed by atoms with Crippen molar-refractivity contribution in [3.63, 3.8) is 0 Å². The molecule has 1 N–H and O–H groups in total. The van der Waals surface area contributed by atoms with Gasteiger partial charge in [-0.2, -0.15) is 0 Å². The molecule has 1 aromatic heterocycles. The molecule has 1 heterocycles. The molecule has 8 heteroatoms. The number of anilines is 1. The molecule has 0 bridgehead atoms. The van der Waals surface area contributed by atoms with Crippen LogP contribution in [-0.2, 0) is 14.8 Å². The summed E-state index contributed by atoms with van der Waals surface area (Å²) in [6.07, 6.45) is 1.32. The number of methoxy groups -OCH3 is 1. The van der Waals surface area contributed by atoms with Crippen LogP contribution in [0.1, 0.15) is 28.5 Å². The lowest BCUT2D eigenvalue weighted by Gasteiger charge is -2.32. The number of aromatic nitrogens is 1. The summed E-state index contributed by atoms with van der Waals surface area (Å²) in [5.74, 6) is -0.614. The van der Waals surface area contributed by atoms with Crippen LogP contribution in [0, 0.1) is 13.8 Å². The number of hydrogen-bond donors (Lipinski definition) is 1. The maximum atomic E-state index is 13.5. The third-order valence-corrected chi connectivity index (χ3v) is 6.39. The minimum atomic E-state index is -3.88. The Bertz CT molecular complexity index is 899. The highest BCUT2D eigenvalue weighted by Gasteiger charge is 2.30. The molecule has 27 heavy (non-hydrogen) atoms. The van der Waals surface area contributed by atoms with E-state index in [-0.39, 0.29) is 23.2 Å². The van der Waals surface area contributed by atoms with Gasteiger partial charge in [-0.3, -0.25) is 4.31 Å². The average molecular weight is 394 g/mol. The van der Waals surface area contributed by atoms with E-state index < -0.39 is 16.0 Å². The van der Waals surface area contributed by atoms with Crippen LogP contribution in [-0.4, -0.2) is 58.1 Å². The fraction of sp³-hybridized carbons (Fsp3) is 0.421. The van der Waals surface area contributed by atoms with Crippen LogP contribution in [0.15, 0.2) is 35.4 Å². The van der Waals surface area contributed by atoms with E-state index in [4.69, 9.17) is 0 Å². The minimum absolute atomic E-state index is 0.0159. The molecule has 0 aliphatic carbocycles. The van der Waals surface area contributed by atoms with Gasteiger partial charge in [0.15, 0.2) is 0 Å². The minimum Gasteiger partial charge on any atom is -0.464 e. The first-order chi connectivity index (χ1) is 12.6. The molecule has 0 saturated carbocycles. The fourth-order valence-electron chi connectivity index (χ4n) is 2.79. The van der Waals surface area contributed by atoms with Crippen molar-refractivity contribution >= 4 is 21.7 Å². The Kier molecular flexibility index (Phi) is 6.33.